The molecule has 0 aromatic heterocycles. The van der Waals surface area contributed by atoms with Crippen LogP contribution in [0.4, 0.5) is 5.69 Å². The average molecular weight is 343 g/mol. The minimum Gasteiger partial charge on any atom is -0.383 e. The Kier molecular flexibility index (Phi) is 8.19. The number of nitrogens with zero attached hydrogens (tertiary/aromatic N) is 1. The van der Waals surface area contributed by atoms with Crippen LogP contribution in [0.25, 0.3) is 0 Å². The number of rotatable bonds is 9. The first-order valence-corrected chi connectivity index (χ1v) is 8.03. The largest absolute Gasteiger partial charge is 0.383 e. The molecule has 0 heterocycles. The molecule has 0 saturated heterocycles. The molecule has 0 atom stereocenters. The first-order valence-electron chi connectivity index (χ1n) is 7.23. The van der Waals surface area contributed by atoms with Crippen molar-refractivity contribution in [1.82, 2.24) is 5.32 Å². The summed E-state index contributed by atoms with van der Waals surface area (Å²) in [5, 5.41) is 3.42. The van der Waals surface area contributed by atoms with Crippen molar-refractivity contribution in [3.05, 3.63) is 28.2 Å². The summed E-state index contributed by atoms with van der Waals surface area (Å²) in [6, 6.07) is 6.50. The van der Waals surface area contributed by atoms with Crippen LogP contribution in [-0.2, 0) is 11.3 Å². The zero-order valence-corrected chi connectivity index (χ0v) is 14.7. The number of ether oxygens (including phenoxy) is 1. The van der Waals surface area contributed by atoms with Crippen LogP contribution in [0.1, 0.15) is 25.8 Å². The molecule has 1 aromatic carbocycles. The fourth-order valence-electron chi connectivity index (χ4n) is 2.04. The van der Waals surface area contributed by atoms with Crippen molar-refractivity contribution in [2.24, 2.45) is 5.92 Å². The summed E-state index contributed by atoms with van der Waals surface area (Å²) < 4.78 is 6.19. The van der Waals surface area contributed by atoms with Crippen molar-refractivity contribution in [2.75, 3.05) is 38.8 Å². The summed E-state index contributed by atoms with van der Waals surface area (Å²) in [5.41, 5.74) is 2.63. The molecular formula is C16H27BrN2O. The van der Waals surface area contributed by atoms with Gasteiger partial charge in [-0.05, 0) is 36.1 Å². The van der Waals surface area contributed by atoms with Gasteiger partial charge >= 0.3 is 0 Å². The molecule has 0 fully saturated rings. The monoisotopic (exact) mass is 342 g/mol. The SMILES string of the molecule is COCCNCc1cc(Br)ccc1N(C)CCC(C)C. The van der Waals surface area contributed by atoms with Crippen molar-refractivity contribution >= 4 is 21.6 Å². The Morgan fingerprint density at radius 2 is 2.10 bits per heavy atom. The molecule has 0 amide bonds. The number of benzene rings is 1. The first-order chi connectivity index (χ1) is 9.54. The number of methoxy groups -OCH3 is 1. The van der Waals surface area contributed by atoms with Crippen LogP contribution in [0, 0.1) is 5.92 Å². The van der Waals surface area contributed by atoms with Gasteiger partial charge in [0.05, 0.1) is 6.61 Å². The van der Waals surface area contributed by atoms with Gasteiger partial charge in [0.15, 0.2) is 0 Å². The van der Waals surface area contributed by atoms with Crippen LogP contribution in [0.15, 0.2) is 22.7 Å². The second kappa shape index (κ2) is 9.37. The highest BCUT2D eigenvalue weighted by Crippen LogP contribution is 2.24. The van der Waals surface area contributed by atoms with E-state index in [0.29, 0.717) is 0 Å². The topological polar surface area (TPSA) is 24.5 Å². The summed E-state index contributed by atoms with van der Waals surface area (Å²) in [6.07, 6.45) is 1.21. The summed E-state index contributed by atoms with van der Waals surface area (Å²) in [5.74, 6) is 0.733. The molecule has 0 aliphatic rings. The molecule has 0 saturated carbocycles. The van der Waals surface area contributed by atoms with Crippen LogP contribution >= 0.6 is 15.9 Å². The van der Waals surface area contributed by atoms with Gasteiger partial charge in [-0.3, -0.25) is 0 Å². The van der Waals surface area contributed by atoms with E-state index in [4.69, 9.17) is 4.74 Å². The molecule has 0 bridgehead atoms. The first kappa shape index (κ1) is 17.5. The maximum atomic E-state index is 5.06. The smallest absolute Gasteiger partial charge is 0.0587 e. The normalized spacial score (nSPS) is 11.1. The van der Waals surface area contributed by atoms with Crippen LogP contribution < -0.4 is 10.2 Å². The fraction of sp³-hybridized carbons (Fsp3) is 0.625. The van der Waals surface area contributed by atoms with E-state index in [2.05, 4.69) is 65.2 Å². The third kappa shape index (κ3) is 6.25. The van der Waals surface area contributed by atoms with Crippen molar-refractivity contribution in [2.45, 2.75) is 26.8 Å². The molecule has 4 heteroatoms. The van der Waals surface area contributed by atoms with Crippen LogP contribution in [0.5, 0.6) is 0 Å². The third-order valence-electron chi connectivity index (χ3n) is 3.29. The molecule has 0 spiro atoms. The average Bonchev–Trinajstić information content (AvgIpc) is 2.41. The number of hydrogen-bond donors (Lipinski definition) is 1. The third-order valence-corrected chi connectivity index (χ3v) is 3.79. The zero-order chi connectivity index (χ0) is 15.0. The second-order valence-electron chi connectivity index (χ2n) is 5.55. The molecule has 0 aliphatic carbocycles. The van der Waals surface area contributed by atoms with Crippen LogP contribution in [0.2, 0.25) is 0 Å². The Labute approximate surface area is 131 Å². The quantitative estimate of drug-likeness (QED) is 0.693. The van der Waals surface area contributed by atoms with Crippen LogP contribution in [0.3, 0.4) is 0 Å². The molecule has 1 aromatic rings. The lowest BCUT2D eigenvalue weighted by Gasteiger charge is -2.24. The molecule has 0 aliphatic heterocycles. The van der Waals surface area contributed by atoms with E-state index in [1.54, 1.807) is 7.11 Å². The van der Waals surface area contributed by atoms with Gasteiger partial charge in [0, 0.05) is 44.0 Å². The minimum atomic E-state index is 0.733. The molecule has 3 nitrogen and oxygen atoms in total. The van der Waals surface area contributed by atoms with Gasteiger partial charge in [-0.1, -0.05) is 29.8 Å². The lowest BCUT2D eigenvalue weighted by molar-refractivity contribution is 0.199. The summed E-state index contributed by atoms with van der Waals surface area (Å²) in [7, 11) is 3.90. The Bertz CT molecular complexity index is 396. The summed E-state index contributed by atoms with van der Waals surface area (Å²) in [4.78, 5) is 2.35. The molecule has 1 rings (SSSR count). The predicted octanol–water partition coefficient (Wildman–Crippen LogP) is 3.67. The van der Waals surface area contributed by atoms with Crippen molar-refractivity contribution in [3.63, 3.8) is 0 Å². The number of nitrogens with one attached hydrogen (secondary N) is 1. The maximum Gasteiger partial charge on any atom is 0.0587 e. The molecule has 114 valence electrons. The van der Waals surface area contributed by atoms with E-state index in [9.17, 15) is 0 Å². The van der Waals surface area contributed by atoms with Crippen molar-refractivity contribution < 1.29 is 4.74 Å². The predicted molar refractivity (Wildman–Crippen MR) is 90.4 cm³/mol. The number of anilines is 1. The van der Waals surface area contributed by atoms with Gasteiger partial charge in [0.25, 0.3) is 0 Å². The summed E-state index contributed by atoms with van der Waals surface area (Å²) in [6.45, 7) is 8.10. The van der Waals surface area contributed by atoms with Gasteiger partial charge in [0.1, 0.15) is 0 Å². The van der Waals surface area contributed by atoms with Gasteiger partial charge < -0.3 is 15.0 Å². The van der Waals surface area contributed by atoms with Crippen LogP contribution in [-0.4, -0.2) is 33.9 Å². The molecule has 0 unspecified atom stereocenters. The van der Waals surface area contributed by atoms with Gasteiger partial charge in [-0.2, -0.15) is 0 Å². The fourth-order valence-corrected chi connectivity index (χ4v) is 2.45. The lowest BCUT2D eigenvalue weighted by Crippen LogP contribution is -2.24. The zero-order valence-electron chi connectivity index (χ0n) is 13.1. The van der Waals surface area contributed by atoms with E-state index >= 15 is 0 Å². The standard InChI is InChI=1S/C16H27BrN2O/c1-13(2)7-9-19(3)16-6-5-15(17)11-14(16)12-18-8-10-20-4/h5-6,11,13,18H,7-10,12H2,1-4H3. The molecule has 20 heavy (non-hydrogen) atoms. The number of halogens is 1. The van der Waals surface area contributed by atoms with E-state index in [0.717, 1.165) is 36.6 Å². The minimum absolute atomic E-state index is 0.733. The van der Waals surface area contributed by atoms with Gasteiger partial charge in [-0.15, -0.1) is 0 Å². The highest BCUT2D eigenvalue weighted by atomic mass is 79.9. The van der Waals surface area contributed by atoms with E-state index in [1.165, 1.54) is 17.7 Å². The van der Waals surface area contributed by atoms with Crippen molar-refractivity contribution in [3.8, 4) is 0 Å². The molecule has 1 N–H and O–H groups in total. The number of hydrogen-bond acceptors (Lipinski definition) is 3. The molecule has 0 radical (unpaired) electrons. The van der Waals surface area contributed by atoms with Gasteiger partial charge in [0.2, 0.25) is 0 Å². The van der Waals surface area contributed by atoms with E-state index < -0.39 is 0 Å². The van der Waals surface area contributed by atoms with E-state index in [1.807, 2.05) is 0 Å². The Balaban J connectivity index is 2.68. The molecular weight excluding hydrogens is 316 g/mol. The highest BCUT2D eigenvalue weighted by molar-refractivity contribution is 9.10. The lowest BCUT2D eigenvalue weighted by atomic mass is 10.1. The second-order valence-corrected chi connectivity index (χ2v) is 6.46. The summed E-state index contributed by atoms with van der Waals surface area (Å²) >= 11 is 3.56. The Hall–Kier alpha value is -0.580. The maximum absolute atomic E-state index is 5.06. The van der Waals surface area contributed by atoms with Crippen molar-refractivity contribution in [1.29, 1.82) is 0 Å². The van der Waals surface area contributed by atoms with E-state index in [-0.39, 0.29) is 0 Å². The highest BCUT2D eigenvalue weighted by Gasteiger charge is 2.08. The Morgan fingerprint density at radius 1 is 1.35 bits per heavy atom. The van der Waals surface area contributed by atoms with Gasteiger partial charge in [-0.25, -0.2) is 0 Å². The Morgan fingerprint density at radius 3 is 2.75 bits per heavy atom.